The quantitative estimate of drug-likeness (QED) is 0.617. The highest BCUT2D eigenvalue weighted by molar-refractivity contribution is 7.12. The zero-order valence-corrected chi connectivity index (χ0v) is 18.2. The second kappa shape index (κ2) is 8.73. The van der Waals surface area contributed by atoms with Crippen LogP contribution in [0.1, 0.15) is 27.2 Å². The van der Waals surface area contributed by atoms with Crippen molar-refractivity contribution in [3.63, 3.8) is 0 Å². The molecule has 7 heteroatoms. The Kier molecular flexibility index (Phi) is 5.86. The van der Waals surface area contributed by atoms with E-state index in [1.165, 1.54) is 11.3 Å². The van der Waals surface area contributed by atoms with Gasteiger partial charge in [-0.05, 0) is 60.7 Å². The molecule has 1 aliphatic rings. The van der Waals surface area contributed by atoms with Gasteiger partial charge < -0.3 is 15.5 Å². The van der Waals surface area contributed by atoms with Crippen LogP contribution >= 0.6 is 11.3 Å². The predicted molar refractivity (Wildman–Crippen MR) is 124 cm³/mol. The number of carbonyl (C=O) groups excluding carboxylic acids is 3. The van der Waals surface area contributed by atoms with Gasteiger partial charge in [0.15, 0.2) is 0 Å². The number of hydrogen-bond donors (Lipinski definition) is 2. The number of benzene rings is 2. The minimum absolute atomic E-state index is 0.0502. The molecule has 0 aliphatic carbocycles. The van der Waals surface area contributed by atoms with Crippen LogP contribution in [0.15, 0.2) is 60.0 Å². The molecule has 2 heterocycles. The fourth-order valence-electron chi connectivity index (χ4n) is 3.66. The van der Waals surface area contributed by atoms with Crippen LogP contribution in [0.25, 0.3) is 0 Å². The number of nitrogens with one attached hydrogen (secondary N) is 2. The number of thiophene rings is 1. The number of aryl methyl sites for hydroxylation is 1. The molecule has 1 saturated heterocycles. The maximum atomic E-state index is 12.8. The first-order chi connectivity index (χ1) is 14.9. The van der Waals surface area contributed by atoms with E-state index < -0.39 is 5.92 Å². The normalized spacial score (nSPS) is 15.7. The fraction of sp³-hybridized carbons (Fsp3) is 0.208. The van der Waals surface area contributed by atoms with Gasteiger partial charge in [0.05, 0.1) is 10.8 Å². The molecular formula is C24H23N3O3S. The lowest BCUT2D eigenvalue weighted by Gasteiger charge is -2.20. The van der Waals surface area contributed by atoms with Gasteiger partial charge in [-0.1, -0.05) is 24.3 Å². The molecule has 0 spiro atoms. The minimum atomic E-state index is -0.434. The summed E-state index contributed by atoms with van der Waals surface area (Å²) in [7, 11) is 0. The molecule has 1 fully saturated rings. The monoisotopic (exact) mass is 433 g/mol. The molecule has 1 atom stereocenters. The van der Waals surface area contributed by atoms with E-state index in [1.807, 2.05) is 43.5 Å². The van der Waals surface area contributed by atoms with E-state index in [9.17, 15) is 14.4 Å². The second-order valence-electron chi connectivity index (χ2n) is 7.63. The van der Waals surface area contributed by atoms with E-state index in [-0.39, 0.29) is 24.1 Å². The molecule has 31 heavy (non-hydrogen) atoms. The van der Waals surface area contributed by atoms with Gasteiger partial charge in [-0.25, -0.2) is 0 Å². The van der Waals surface area contributed by atoms with Crippen LogP contribution in [0.4, 0.5) is 17.1 Å². The minimum Gasteiger partial charge on any atom is -0.326 e. The van der Waals surface area contributed by atoms with Gasteiger partial charge in [0, 0.05) is 30.0 Å². The summed E-state index contributed by atoms with van der Waals surface area (Å²) in [6.07, 6.45) is 0.175. The van der Waals surface area contributed by atoms with Crippen LogP contribution in [-0.4, -0.2) is 24.3 Å². The van der Waals surface area contributed by atoms with Gasteiger partial charge in [-0.2, -0.15) is 0 Å². The zero-order valence-electron chi connectivity index (χ0n) is 17.3. The van der Waals surface area contributed by atoms with E-state index in [2.05, 4.69) is 10.6 Å². The summed E-state index contributed by atoms with van der Waals surface area (Å²) in [5.41, 5.74) is 4.19. The summed E-state index contributed by atoms with van der Waals surface area (Å²) in [6, 6.07) is 16.4. The van der Waals surface area contributed by atoms with Crippen LogP contribution in [0, 0.1) is 19.8 Å². The summed E-state index contributed by atoms with van der Waals surface area (Å²) >= 11 is 1.36. The molecule has 0 radical (unpaired) electrons. The van der Waals surface area contributed by atoms with Crippen molar-refractivity contribution in [3.8, 4) is 0 Å². The van der Waals surface area contributed by atoms with E-state index in [0.29, 0.717) is 22.8 Å². The fourth-order valence-corrected chi connectivity index (χ4v) is 4.28. The highest BCUT2D eigenvalue weighted by Crippen LogP contribution is 2.30. The van der Waals surface area contributed by atoms with Crippen molar-refractivity contribution in [2.75, 3.05) is 22.1 Å². The van der Waals surface area contributed by atoms with Crippen molar-refractivity contribution in [1.29, 1.82) is 0 Å². The molecule has 3 amide bonds. The summed E-state index contributed by atoms with van der Waals surface area (Å²) in [5.74, 6) is -0.880. The average molecular weight is 434 g/mol. The number of nitrogens with zero attached hydrogens (tertiary/aromatic N) is 1. The third kappa shape index (κ3) is 4.51. The van der Waals surface area contributed by atoms with Gasteiger partial charge in [0.25, 0.3) is 5.91 Å². The number of anilines is 3. The number of carbonyl (C=O) groups is 3. The number of hydrogen-bond acceptors (Lipinski definition) is 4. The Morgan fingerprint density at radius 1 is 1.00 bits per heavy atom. The summed E-state index contributed by atoms with van der Waals surface area (Å²) in [6.45, 7) is 4.35. The van der Waals surface area contributed by atoms with Crippen molar-refractivity contribution in [3.05, 3.63) is 76.0 Å². The molecule has 6 nitrogen and oxygen atoms in total. The Morgan fingerprint density at radius 3 is 2.48 bits per heavy atom. The molecule has 1 aliphatic heterocycles. The topological polar surface area (TPSA) is 78.5 Å². The molecule has 4 rings (SSSR count). The zero-order chi connectivity index (χ0) is 22.0. The molecule has 2 N–H and O–H groups in total. The van der Waals surface area contributed by atoms with Crippen LogP contribution in [-0.2, 0) is 9.59 Å². The van der Waals surface area contributed by atoms with Crippen LogP contribution in [0.3, 0.4) is 0 Å². The molecule has 1 aromatic heterocycles. The Balaban J connectivity index is 1.42. The standard InChI is InChI=1S/C24H23N3O3S/c1-15-6-3-9-20(16(15)2)27-14-17(12-22(27)28)23(29)25-18-7-4-8-19(13-18)26-24(30)21-10-5-11-31-21/h3-11,13,17H,12,14H2,1-2H3,(H,25,29)(H,26,30). The largest absolute Gasteiger partial charge is 0.326 e. The van der Waals surface area contributed by atoms with Crippen molar-refractivity contribution in [1.82, 2.24) is 0 Å². The lowest BCUT2D eigenvalue weighted by molar-refractivity contribution is -0.122. The summed E-state index contributed by atoms with van der Waals surface area (Å²) < 4.78 is 0. The first-order valence-electron chi connectivity index (χ1n) is 10.0. The lowest BCUT2D eigenvalue weighted by atomic mass is 10.1. The van der Waals surface area contributed by atoms with Crippen molar-refractivity contribution in [2.45, 2.75) is 20.3 Å². The van der Waals surface area contributed by atoms with E-state index >= 15 is 0 Å². The first-order valence-corrected chi connectivity index (χ1v) is 10.9. The highest BCUT2D eigenvalue weighted by atomic mass is 32.1. The van der Waals surface area contributed by atoms with Gasteiger partial charge in [-0.15, -0.1) is 11.3 Å². The Hall–Kier alpha value is -3.45. The Labute approximate surface area is 184 Å². The first kappa shape index (κ1) is 20.8. The molecule has 0 bridgehead atoms. The number of rotatable bonds is 5. The second-order valence-corrected chi connectivity index (χ2v) is 8.57. The third-order valence-electron chi connectivity index (χ3n) is 5.50. The Bertz CT molecular complexity index is 1140. The lowest BCUT2D eigenvalue weighted by Crippen LogP contribution is -2.28. The Morgan fingerprint density at radius 2 is 1.74 bits per heavy atom. The molecule has 0 saturated carbocycles. The maximum Gasteiger partial charge on any atom is 0.265 e. The van der Waals surface area contributed by atoms with E-state index in [4.69, 9.17) is 0 Å². The SMILES string of the molecule is Cc1cccc(N2CC(C(=O)Nc3cccc(NC(=O)c4cccs4)c3)CC2=O)c1C. The maximum absolute atomic E-state index is 12.8. The smallest absolute Gasteiger partial charge is 0.265 e. The van der Waals surface area contributed by atoms with E-state index in [0.717, 1.165) is 16.8 Å². The van der Waals surface area contributed by atoms with Gasteiger partial charge in [0.1, 0.15) is 0 Å². The molecular weight excluding hydrogens is 410 g/mol. The summed E-state index contributed by atoms with van der Waals surface area (Å²) in [5, 5.41) is 7.56. The summed E-state index contributed by atoms with van der Waals surface area (Å²) in [4.78, 5) is 40.0. The predicted octanol–water partition coefficient (Wildman–Crippen LogP) is 4.61. The molecule has 3 aromatic rings. The molecule has 2 aromatic carbocycles. The third-order valence-corrected chi connectivity index (χ3v) is 6.36. The van der Waals surface area contributed by atoms with E-state index in [1.54, 1.807) is 35.2 Å². The van der Waals surface area contributed by atoms with Gasteiger partial charge >= 0.3 is 0 Å². The van der Waals surface area contributed by atoms with Gasteiger partial charge in [-0.3, -0.25) is 14.4 Å². The number of amides is 3. The molecule has 1 unspecified atom stereocenters. The highest BCUT2D eigenvalue weighted by Gasteiger charge is 2.35. The van der Waals surface area contributed by atoms with Gasteiger partial charge in [0.2, 0.25) is 11.8 Å². The van der Waals surface area contributed by atoms with Crippen LogP contribution in [0.2, 0.25) is 0 Å². The molecule has 158 valence electrons. The van der Waals surface area contributed by atoms with Crippen molar-refractivity contribution >= 4 is 46.1 Å². The van der Waals surface area contributed by atoms with Crippen LogP contribution < -0.4 is 15.5 Å². The van der Waals surface area contributed by atoms with Crippen LogP contribution in [0.5, 0.6) is 0 Å². The van der Waals surface area contributed by atoms with Crippen molar-refractivity contribution in [2.24, 2.45) is 5.92 Å². The van der Waals surface area contributed by atoms with Crippen molar-refractivity contribution < 1.29 is 14.4 Å². The average Bonchev–Trinajstić information content (AvgIpc) is 3.41.